The Hall–Kier alpha value is -3.22. The smallest absolute Gasteiger partial charge is 0.277 e. The summed E-state index contributed by atoms with van der Waals surface area (Å²) in [6, 6.07) is 12.6. The first-order valence-electron chi connectivity index (χ1n) is 10.0. The van der Waals surface area contributed by atoms with Gasteiger partial charge in [-0.1, -0.05) is 46.8 Å². The maximum atomic E-state index is 13.3. The van der Waals surface area contributed by atoms with Crippen LogP contribution in [0, 0.1) is 13.8 Å². The van der Waals surface area contributed by atoms with E-state index in [4.69, 9.17) is 4.52 Å². The standard InChI is InChI=1S/C22H23N5O2/c1-14-10-20(29-24-14)13-26-15(2)21(23-25-26)22(28)27-18-8-9-19(27)12-17(11-18)16-6-4-3-5-7-16/h3-7,10-11,18-19H,8-9,12-13H2,1-2H3/t18-,19-/m1/s1. The lowest BCUT2D eigenvalue weighted by molar-refractivity contribution is 0.0685. The van der Waals surface area contributed by atoms with Crippen LogP contribution in [0.4, 0.5) is 0 Å². The number of rotatable bonds is 4. The van der Waals surface area contributed by atoms with Crippen LogP contribution in [0.25, 0.3) is 5.57 Å². The zero-order chi connectivity index (χ0) is 20.0. The summed E-state index contributed by atoms with van der Waals surface area (Å²) in [6.45, 7) is 4.17. The molecule has 4 heterocycles. The van der Waals surface area contributed by atoms with Crippen LogP contribution in [0.15, 0.2) is 47.0 Å². The second-order valence-electron chi connectivity index (χ2n) is 7.89. The van der Waals surface area contributed by atoms with E-state index in [1.54, 1.807) is 4.68 Å². The lowest BCUT2D eigenvalue weighted by Crippen LogP contribution is -2.43. The number of aryl methyl sites for hydroxylation is 1. The Balaban J connectivity index is 1.38. The van der Waals surface area contributed by atoms with E-state index < -0.39 is 0 Å². The molecule has 7 heteroatoms. The van der Waals surface area contributed by atoms with Gasteiger partial charge < -0.3 is 9.42 Å². The molecular weight excluding hydrogens is 366 g/mol. The van der Waals surface area contributed by atoms with Crippen molar-refractivity contribution >= 4 is 11.5 Å². The Morgan fingerprint density at radius 2 is 2.03 bits per heavy atom. The van der Waals surface area contributed by atoms with Crippen molar-refractivity contribution in [2.24, 2.45) is 0 Å². The van der Waals surface area contributed by atoms with E-state index in [0.29, 0.717) is 18.0 Å². The first kappa shape index (κ1) is 17.8. The van der Waals surface area contributed by atoms with Crippen LogP contribution in [-0.2, 0) is 6.54 Å². The van der Waals surface area contributed by atoms with E-state index in [-0.39, 0.29) is 18.0 Å². The summed E-state index contributed by atoms with van der Waals surface area (Å²) in [5, 5.41) is 12.3. The zero-order valence-corrected chi connectivity index (χ0v) is 16.6. The second-order valence-corrected chi connectivity index (χ2v) is 7.89. The molecule has 1 amide bonds. The van der Waals surface area contributed by atoms with Crippen molar-refractivity contribution in [3.05, 3.63) is 70.9 Å². The Bertz CT molecular complexity index is 1080. The van der Waals surface area contributed by atoms with Gasteiger partial charge in [0.2, 0.25) is 0 Å². The highest BCUT2D eigenvalue weighted by atomic mass is 16.5. The molecule has 29 heavy (non-hydrogen) atoms. The molecule has 0 unspecified atom stereocenters. The summed E-state index contributed by atoms with van der Waals surface area (Å²) < 4.78 is 6.96. The molecule has 0 radical (unpaired) electrons. The summed E-state index contributed by atoms with van der Waals surface area (Å²) in [5.41, 5.74) is 4.58. The normalized spacial score (nSPS) is 20.8. The highest BCUT2D eigenvalue weighted by molar-refractivity contribution is 5.94. The third-order valence-electron chi connectivity index (χ3n) is 5.94. The highest BCUT2D eigenvalue weighted by Gasteiger charge is 2.41. The van der Waals surface area contributed by atoms with Crippen molar-refractivity contribution in [3.8, 4) is 0 Å². The molecule has 1 fully saturated rings. The third-order valence-corrected chi connectivity index (χ3v) is 5.94. The number of nitrogens with zero attached hydrogens (tertiary/aromatic N) is 5. The van der Waals surface area contributed by atoms with E-state index >= 15 is 0 Å². The summed E-state index contributed by atoms with van der Waals surface area (Å²) in [4.78, 5) is 15.3. The van der Waals surface area contributed by atoms with Crippen LogP contribution >= 0.6 is 0 Å². The first-order valence-corrected chi connectivity index (χ1v) is 10.0. The molecule has 2 aliphatic heterocycles. The first-order chi connectivity index (χ1) is 14.1. The molecule has 148 valence electrons. The van der Waals surface area contributed by atoms with E-state index in [1.807, 2.05) is 30.9 Å². The van der Waals surface area contributed by atoms with Crippen LogP contribution in [0.2, 0.25) is 0 Å². The van der Waals surface area contributed by atoms with Gasteiger partial charge in [0.15, 0.2) is 11.5 Å². The second kappa shape index (κ2) is 6.99. The van der Waals surface area contributed by atoms with Gasteiger partial charge in [-0.2, -0.15) is 0 Å². The summed E-state index contributed by atoms with van der Waals surface area (Å²) in [7, 11) is 0. The third kappa shape index (κ3) is 3.16. The molecule has 7 nitrogen and oxygen atoms in total. The van der Waals surface area contributed by atoms with E-state index in [1.165, 1.54) is 11.1 Å². The Morgan fingerprint density at radius 1 is 1.21 bits per heavy atom. The van der Waals surface area contributed by atoms with Gasteiger partial charge in [-0.05, 0) is 44.2 Å². The number of carbonyl (C=O) groups is 1. The van der Waals surface area contributed by atoms with Crippen LogP contribution in [0.5, 0.6) is 0 Å². The lowest BCUT2D eigenvalue weighted by Gasteiger charge is -2.33. The zero-order valence-electron chi connectivity index (χ0n) is 16.6. The quantitative estimate of drug-likeness (QED) is 0.684. The molecule has 5 rings (SSSR count). The molecule has 1 saturated heterocycles. The monoisotopic (exact) mass is 389 g/mol. The summed E-state index contributed by atoms with van der Waals surface area (Å²) in [6.07, 6.45) is 5.16. The van der Waals surface area contributed by atoms with E-state index in [9.17, 15) is 4.79 Å². The predicted octanol–water partition coefficient (Wildman–Crippen LogP) is 3.39. The maximum Gasteiger partial charge on any atom is 0.277 e. The molecule has 0 spiro atoms. The van der Waals surface area contributed by atoms with Gasteiger partial charge in [-0.15, -0.1) is 5.10 Å². The average molecular weight is 389 g/mol. The van der Waals surface area contributed by atoms with Crippen molar-refractivity contribution in [2.75, 3.05) is 0 Å². The SMILES string of the molecule is Cc1cc(Cn2nnc(C(=O)N3[C@@H]4CC[C@@H]3C=C(c3ccccc3)C4)c2C)on1. The number of amides is 1. The van der Waals surface area contributed by atoms with Crippen LogP contribution < -0.4 is 0 Å². The minimum atomic E-state index is -0.0293. The van der Waals surface area contributed by atoms with Gasteiger partial charge in [0.1, 0.15) is 6.54 Å². The van der Waals surface area contributed by atoms with Gasteiger partial charge in [0.05, 0.1) is 17.4 Å². The molecule has 0 saturated carbocycles. The molecule has 2 atom stereocenters. The van der Waals surface area contributed by atoms with Crippen molar-refractivity contribution in [3.63, 3.8) is 0 Å². The fourth-order valence-corrected chi connectivity index (χ4v) is 4.48. The Labute approximate surface area is 169 Å². The van der Waals surface area contributed by atoms with Crippen molar-refractivity contribution in [2.45, 2.75) is 51.7 Å². The number of carbonyl (C=O) groups excluding carboxylic acids is 1. The fraction of sp³-hybridized carbons (Fsp3) is 0.364. The van der Waals surface area contributed by atoms with Gasteiger partial charge in [0, 0.05) is 12.1 Å². The number of hydrogen-bond donors (Lipinski definition) is 0. The molecule has 0 N–H and O–H groups in total. The summed E-state index contributed by atoms with van der Waals surface area (Å²) in [5.74, 6) is 0.668. The van der Waals surface area contributed by atoms with Gasteiger partial charge in [-0.25, -0.2) is 4.68 Å². The Morgan fingerprint density at radius 3 is 2.76 bits per heavy atom. The van der Waals surface area contributed by atoms with Crippen molar-refractivity contribution in [1.29, 1.82) is 0 Å². The van der Waals surface area contributed by atoms with Crippen LogP contribution in [-0.4, -0.2) is 43.0 Å². The molecule has 3 aromatic rings. The van der Waals surface area contributed by atoms with E-state index in [0.717, 1.165) is 30.7 Å². The number of hydrogen-bond acceptors (Lipinski definition) is 5. The van der Waals surface area contributed by atoms with Gasteiger partial charge in [-0.3, -0.25) is 4.79 Å². The highest BCUT2D eigenvalue weighted by Crippen LogP contribution is 2.39. The Kier molecular flexibility index (Phi) is 4.30. The van der Waals surface area contributed by atoms with E-state index in [2.05, 4.69) is 45.8 Å². The van der Waals surface area contributed by atoms with Gasteiger partial charge >= 0.3 is 0 Å². The van der Waals surface area contributed by atoms with Crippen LogP contribution in [0.1, 0.15) is 52.5 Å². The van der Waals surface area contributed by atoms with Crippen LogP contribution in [0.3, 0.4) is 0 Å². The molecular formula is C22H23N5O2. The van der Waals surface area contributed by atoms with Crippen molar-refractivity contribution in [1.82, 2.24) is 25.1 Å². The molecule has 2 aromatic heterocycles. The number of benzene rings is 1. The average Bonchev–Trinajstić information content (AvgIpc) is 3.38. The fourth-order valence-electron chi connectivity index (χ4n) is 4.48. The largest absolute Gasteiger partial charge is 0.359 e. The number of fused-ring (bicyclic) bond motifs is 2. The minimum Gasteiger partial charge on any atom is -0.359 e. The topological polar surface area (TPSA) is 77.0 Å². The molecule has 2 bridgehead atoms. The molecule has 1 aromatic carbocycles. The summed E-state index contributed by atoms with van der Waals surface area (Å²) >= 11 is 0. The number of aromatic nitrogens is 4. The maximum absolute atomic E-state index is 13.3. The van der Waals surface area contributed by atoms with Crippen molar-refractivity contribution < 1.29 is 9.32 Å². The lowest BCUT2D eigenvalue weighted by atomic mass is 9.94. The predicted molar refractivity (Wildman–Crippen MR) is 107 cm³/mol. The van der Waals surface area contributed by atoms with Gasteiger partial charge in [0.25, 0.3) is 5.91 Å². The molecule has 2 aliphatic rings. The molecule has 0 aliphatic carbocycles. The minimum absolute atomic E-state index is 0.0293.